The average molecular weight is 327 g/mol. The lowest BCUT2D eigenvalue weighted by Gasteiger charge is -2.36. The summed E-state index contributed by atoms with van der Waals surface area (Å²) in [5.74, 6) is -0.820. The number of nitrogens with zero attached hydrogens (tertiary/aromatic N) is 1. The normalized spacial score (nSPS) is 20.8. The zero-order valence-corrected chi connectivity index (χ0v) is 13.6. The number of carbonyl (C=O) groups is 2. The van der Waals surface area contributed by atoms with Crippen molar-refractivity contribution in [2.75, 3.05) is 13.2 Å². The first kappa shape index (κ1) is 16.3. The minimum Gasteiger partial charge on any atom is -0.483 e. The van der Waals surface area contributed by atoms with E-state index in [2.05, 4.69) is 0 Å². The number of hydrogen-bond donors (Lipinski definition) is 1. The van der Waals surface area contributed by atoms with Gasteiger partial charge in [-0.05, 0) is 31.2 Å². The van der Waals surface area contributed by atoms with E-state index in [1.807, 2.05) is 49.4 Å². The summed E-state index contributed by atoms with van der Waals surface area (Å²) in [5, 5.41) is 11.2. The Hall–Kier alpha value is -2.56. The summed E-state index contributed by atoms with van der Waals surface area (Å²) in [6.07, 6.45) is 1.32. The van der Waals surface area contributed by atoms with Gasteiger partial charge in [-0.2, -0.15) is 0 Å². The third kappa shape index (κ3) is 3.35. The lowest BCUT2D eigenvalue weighted by molar-refractivity contribution is -0.147. The van der Waals surface area contributed by atoms with Crippen LogP contribution in [0.3, 0.4) is 0 Å². The summed E-state index contributed by atoms with van der Waals surface area (Å²) >= 11 is 0. The molecular formula is C19H21NO4. The highest BCUT2D eigenvalue weighted by Crippen LogP contribution is 2.26. The SMILES string of the molecule is CC1CCC(C(=O)O)CN1C(=O)COc1cccc2ccccc12. The van der Waals surface area contributed by atoms with Crippen molar-refractivity contribution in [2.45, 2.75) is 25.8 Å². The van der Waals surface area contributed by atoms with Crippen molar-refractivity contribution >= 4 is 22.6 Å². The second-order valence-electron chi connectivity index (χ2n) is 6.27. The molecule has 1 aliphatic heterocycles. The van der Waals surface area contributed by atoms with Crippen LogP contribution in [0.25, 0.3) is 10.8 Å². The van der Waals surface area contributed by atoms with E-state index < -0.39 is 11.9 Å². The van der Waals surface area contributed by atoms with Crippen LogP contribution in [0.15, 0.2) is 42.5 Å². The third-order valence-corrected chi connectivity index (χ3v) is 4.65. The zero-order chi connectivity index (χ0) is 17.1. The molecule has 0 radical (unpaired) electrons. The van der Waals surface area contributed by atoms with E-state index in [0.29, 0.717) is 18.6 Å². The molecule has 1 heterocycles. The van der Waals surface area contributed by atoms with Gasteiger partial charge in [0.15, 0.2) is 6.61 Å². The largest absolute Gasteiger partial charge is 0.483 e. The first-order valence-electron chi connectivity index (χ1n) is 8.19. The number of ether oxygens (including phenoxy) is 1. The number of hydrogen-bond acceptors (Lipinski definition) is 3. The smallest absolute Gasteiger partial charge is 0.308 e. The summed E-state index contributed by atoms with van der Waals surface area (Å²) in [7, 11) is 0. The van der Waals surface area contributed by atoms with Crippen LogP contribution >= 0.6 is 0 Å². The van der Waals surface area contributed by atoms with Gasteiger partial charge in [0.05, 0.1) is 5.92 Å². The fraction of sp³-hybridized carbons (Fsp3) is 0.368. The van der Waals surface area contributed by atoms with Crippen LogP contribution in [-0.4, -0.2) is 41.1 Å². The van der Waals surface area contributed by atoms with Crippen molar-refractivity contribution in [3.05, 3.63) is 42.5 Å². The van der Waals surface area contributed by atoms with Crippen LogP contribution < -0.4 is 4.74 Å². The van der Waals surface area contributed by atoms with Crippen LogP contribution in [0, 0.1) is 5.92 Å². The summed E-state index contributed by atoms with van der Waals surface area (Å²) in [6, 6.07) is 13.6. The van der Waals surface area contributed by atoms with Crippen molar-refractivity contribution in [3.8, 4) is 5.75 Å². The maximum absolute atomic E-state index is 12.5. The Balaban J connectivity index is 1.69. The summed E-state index contributed by atoms with van der Waals surface area (Å²) in [4.78, 5) is 25.3. The van der Waals surface area contributed by atoms with E-state index in [1.165, 1.54) is 0 Å². The van der Waals surface area contributed by atoms with Crippen molar-refractivity contribution in [1.29, 1.82) is 0 Å². The summed E-state index contributed by atoms with van der Waals surface area (Å²) < 4.78 is 5.74. The molecule has 126 valence electrons. The Bertz CT molecular complexity index is 753. The fourth-order valence-electron chi connectivity index (χ4n) is 3.20. The maximum atomic E-state index is 12.5. The molecule has 1 fully saturated rings. The van der Waals surface area contributed by atoms with Crippen LogP contribution in [0.2, 0.25) is 0 Å². The van der Waals surface area contributed by atoms with E-state index in [-0.39, 0.29) is 25.1 Å². The summed E-state index contributed by atoms with van der Waals surface area (Å²) in [5.41, 5.74) is 0. The second kappa shape index (κ2) is 6.91. The van der Waals surface area contributed by atoms with Gasteiger partial charge in [0.1, 0.15) is 5.75 Å². The highest BCUT2D eigenvalue weighted by Gasteiger charge is 2.32. The van der Waals surface area contributed by atoms with Crippen molar-refractivity contribution in [3.63, 3.8) is 0 Å². The van der Waals surface area contributed by atoms with E-state index in [0.717, 1.165) is 10.8 Å². The Morgan fingerprint density at radius 2 is 1.92 bits per heavy atom. The molecule has 0 spiro atoms. The fourth-order valence-corrected chi connectivity index (χ4v) is 3.20. The molecule has 1 aliphatic rings. The monoisotopic (exact) mass is 327 g/mol. The molecular weight excluding hydrogens is 306 g/mol. The quantitative estimate of drug-likeness (QED) is 0.937. The topological polar surface area (TPSA) is 66.8 Å². The Labute approximate surface area is 140 Å². The van der Waals surface area contributed by atoms with Gasteiger partial charge in [-0.3, -0.25) is 9.59 Å². The third-order valence-electron chi connectivity index (χ3n) is 4.65. The number of piperidine rings is 1. The molecule has 1 amide bonds. The molecule has 1 N–H and O–H groups in total. The predicted octanol–water partition coefficient (Wildman–Crippen LogP) is 2.93. The first-order valence-corrected chi connectivity index (χ1v) is 8.19. The Morgan fingerprint density at radius 3 is 2.71 bits per heavy atom. The van der Waals surface area contributed by atoms with Crippen LogP contribution in [0.5, 0.6) is 5.75 Å². The number of likely N-dealkylation sites (tertiary alicyclic amines) is 1. The first-order chi connectivity index (χ1) is 11.6. The van der Waals surface area contributed by atoms with Crippen LogP contribution in [0.1, 0.15) is 19.8 Å². The van der Waals surface area contributed by atoms with Gasteiger partial charge in [0, 0.05) is 18.0 Å². The number of rotatable bonds is 4. The van der Waals surface area contributed by atoms with Gasteiger partial charge in [0.2, 0.25) is 0 Å². The molecule has 5 heteroatoms. The molecule has 3 rings (SSSR count). The van der Waals surface area contributed by atoms with Gasteiger partial charge < -0.3 is 14.7 Å². The number of carboxylic acid groups (broad SMARTS) is 1. The minimum atomic E-state index is -0.838. The van der Waals surface area contributed by atoms with Gasteiger partial charge >= 0.3 is 5.97 Å². The molecule has 0 aliphatic carbocycles. The molecule has 24 heavy (non-hydrogen) atoms. The molecule has 0 aromatic heterocycles. The lowest BCUT2D eigenvalue weighted by Crippen LogP contribution is -2.49. The molecule has 0 bridgehead atoms. The predicted molar refractivity (Wildman–Crippen MR) is 91.0 cm³/mol. The summed E-state index contributed by atoms with van der Waals surface area (Å²) in [6.45, 7) is 2.13. The standard InChI is InChI=1S/C19H21NO4/c1-13-9-10-15(19(22)23)11-20(13)18(21)12-24-17-8-4-6-14-5-2-3-7-16(14)17/h2-8,13,15H,9-12H2,1H3,(H,22,23). The van der Waals surface area contributed by atoms with Gasteiger partial charge in [0.25, 0.3) is 5.91 Å². The minimum absolute atomic E-state index is 0.0456. The average Bonchev–Trinajstić information content (AvgIpc) is 2.59. The van der Waals surface area contributed by atoms with E-state index >= 15 is 0 Å². The number of carbonyl (C=O) groups excluding carboxylic acids is 1. The van der Waals surface area contributed by atoms with Crippen molar-refractivity contribution in [2.24, 2.45) is 5.92 Å². The highest BCUT2D eigenvalue weighted by atomic mass is 16.5. The highest BCUT2D eigenvalue weighted by molar-refractivity contribution is 5.88. The molecule has 5 nitrogen and oxygen atoms in total. The number of amides is 1. The van der Waals surface area contributed by atoms with Gasteiger partial charge in [-0.1, -0.05) is 36.4 Å². The van der Waals surface area contributed by atoms with E-state index in [1.54, 1.807) is 4.90 Å². The van der Waals surface area contributed by atoms with E-state index in [9.17, 15) is 14.7 Å². The molecule has 2 unspecified atom stereocenters. The number of benzene rings is 2. The van der Waals surface area contributed by atoms with E-state index in [4.69, 9.17) is 4.74 Å². The van der Waals surface area contributed by atoms with Gasteiger partial charge in [-0.15, -0.1) is 0 Å². The molecule has 2 atom stereocenters. The number of aliphatic carboxylic acids is 1. The van der Waals surface area contributed by atoms with Gasteiger partial charge in [-0.25, -0.2) is 0 Å². The zero-order valence-electron chi connectivity index (χ0n) is 13.6. The molecule has 0 saturated carbocycles. The maximum Gasteiger partial charge on any atom is 0.308 e. The molecule has 2 aromatic rings. The Morgan fingerprint density at radius 1 is 1.17 bits per heavy atom. The van der Waals surface area contributed by atoms with Crippen LogP contribution in [-0.2, 0) is 9.59 Å². The number of carboxylic acids is 1. The lowest BCUT2D eigenvalue weighted by atomic mass is 9.93. The number of fused-ring (bicyclic) bond motifs is 1. The van der Waals surface area contributed by atoms with Crippen molar-refractivity contribution < 1.29 is 19.4 Å². The van der Waals surface area contributed by atoms with Crippen LogP contribution in [0.4, 0.5) is 0 Å². The molecule has 1 saturated heterocycles. The molecule has 2 aromatic carbocycles. The second-order valence-corrected chi connectivity index (χ2v) is 6.27. The van der Waals surface area contributed by atoms with Crippen molar-refractivity contribution in [1.82, 2.24) is 4.90 Å². The Kier molecular flexibility index (Phi) is 4.69.